The zero-order valence-electron chi connectivity index (χ0n) is 17.1. The van der Waals surface area contributed by atoms with Crippen LogP contribution in [0.1, 0.15) is 31.9 Å². The molecule has 0 saturated carbocycles. The third-order valence-electron chi connectivity index (χ3n) is 4.98. The van der Waals surface area contributed by atoms with Gasteiger partial charge in [0.2, 0.25) is 5.91 Å². The van der Waals surface area contributed by atoms with Crippen LogP contribution in [0.3, 0.4) is 0 Å². The van der Waals surface area contributed by atoms with E-state index in [0.29, 0.717) is 22.6 Å². The van der Waals surface area contributed by atoms with Gasteiger partial charge in [-0.2, -0.15) is 0 Å². The molecule has 1 aromatic heterocycles. The molecule has 5 nitrogen and oxygen atoms in total. The molecule has 0 aliphatic heterocycles. The minimum absolute atomic E-state index is 0.0926. The number of halogens is 2. The first kappa shape index (κ1) is 22.5. The first-order valence-corrected chi connectivity index (χ1v) is 11.4. The Balaban J connectivity index is 1.81. The third-order valence-corrected chi connectivity index (χ3v) is 6.43. The summed E-state index contributed by atoms with van der Waals surface area (Å²) in [7, 11) is 1.72. The average Bonchev–Trinajstić information content (AvgIpc) is 2.74. The highest BCUT2D eigenvalue weighted by Crippen LogP contribution is 2.23. The van der Waals surface area contributed by atoms with Crippen LogP contribution in [0.15, 0.2) is 56.9 Å². The van der Waals surface area contributed by atoms with Gasteiger partial charge in [-0.3, -0.25) is 14.2 Å². The minimum Gasteiger partial charge on any atom is -0.338 e. The molecule has 0 aliphatic rings. The number of hydrogen-bond donors (Lipinski definition) is 0. The molecule has 3 rings (SSSR count). The van der Waals surface area contributed by atoms with Gasteiger partial charge >= 0.3 is 0 Å². The summed E-state index contributed by atoms with van der Waals surface area (Å²) in [5, 5.41) is 1.09. The van der Waals surface area contributed by atoms with Gasteiger partial charge in [0.05, 0.1) is 22.7 Å². The molecular formula is C22H23BrFN3O2S. The number of rotatable bonds is 7. The van der Waals surface area contributed by atoms with Gasteiger partial charge in [-0.1, -0.05) is 46.7 Å². The molecule has 0 radical (unpaired) electrons. The molecule has 0 N–H and O–H groups in total. The topological polar surface area (TPSA) is 55.2 Å². The Hall–Kier alpha value is -2.19. The zero-order chi connectivity index (χ0) is 21.8. The summed E-state index contributed by atoms with van der Waals surface area (Å²) in [6.07, 6.45) is 0.782. The number of fused-ring (bicyclic) bond motifs is 1. The fourth-order valence-corrected chi connectivity index (χ4v) is 4.42. The number of aromatic nitrogens is 2. The van der Waals surface area contributed by atoms with Gasteiger partial charge in [-0.25, -0.2) is 9.37 Å². The van der Waals surface area contributed by atoms with Crippen LogP contribution in [-0.4, -0.2) is 33.2 Å². The van der Waals surface area contributed by atoms with Crippen LogP contribution in [0.4, 0.5) is 4.39 Å². The van der Waals surface area contributed by atoms with Crippen LogP contribution >= 0.6 is 27.7 Å². The van der Waals surface area contributed by atoms with E-state index in [0.717, 1.165) is 16.5 Å². The van der Waals surface area contributed by atoms with Gasteiger partial charge < -0.3 is 4.90 Å². The van der Waals surface area contributed by atoms with Crippen molar-refractivity contribution in [2.24, 2.45) is 0 Å². The molecule has 2 aromatic carbocycles. The maximum atomic E-state index is 13.2. The van der Waals surface area contributed by atoms with E-state index in [1.165, 1.54) is 23.9 Å². The van der Waals surface area contributed by atoms with E-state index in [2.05, 4.69) is 20.9 Å². The first-order valence-electron chi connectivity index (χ1n) is 9.65. The maximum Gasteiger partial charge on any atom is 0.262 e. The third kappa shape index (κ3) is 4.92. The molecule has 0 fully saturated rings. The molecule has 0 bridgehead atoms. The Morgan fingerprint density at radius 2 is 1.97 bits per heavy atom. The lowest BCUT2D eigenvalue weighted by Gasteiger charge is -2.25. The van der Waals surface area contributed by atoms with Crippen LogP contribution in [0.25, 0.3) is 10.9 Å². The van der Waals surface area contributed by atoms with Gasteiger partial charge in [0.1, 0.15) is 5.82 Å². The van der Waals surface area contributed by atoms with Crippen molar-refractivity contribution in [2.75, 3.05) is 12.8 Å². The second-order valence-corrected chi connectivity index (χ2v) is 8.89. The first-order chi connectivity index (χ1) is 14.3. The van der Waals surface area contributed by atoms with Crippen molar-refractivity contribution in [3.05, 3.63) is 68.7 Å². The Morgan fingerprint density at radius 3 is 2.63 bits per heavy atom. The number of benzene rings is 2. The van der Waals surface area contributed by atoms with Crippen LogP contribution in [-0.2, 0) is 11.3 Å². The number of thioether (sulfide) groups is 1. The van der Waals surface area contributed by atoms with Crippen molar-refractivity contribution in [1.82, 2.24) is 14.5 Å². The van der Waals surface area contributed by atoms with Crippen LogP contribution < -0.4 is 5.56 Å². The van der Waals surface area contributed by atoms with Gasteiger partial charge in [0, 0.05) is 18.1 Å². The van der Waals surface area contributed by atoms with E-state index in [4.69, 9.17) is 0 Å². The van der Waals surface area contributed by atoms with E-state index in [1.807, 2.05) is 19.9 Å². The molecule has 8 heteroatoms. The summed E-state index contributed by atoms with van der Waals surface area (Å²) in [4.78, 5) is 32.0. The minimum atomic E-state index is -0.307. The number of amides is 1. The molecule has 1 atom stereocenters. The number of nitrogens with zero attached hydrogens (tertiary/aromatic N) is 3. The number of hydrogen-bond acceptors (Lipinski definition) is 4. The molecule has 3 aromatic rings. The molecular weight excluding hydrogens is 469 g/mol. The lowest BCUT2D eigenvalue weighted by atomic mass is 10.1. The van der Waals surface area contributed by atoms with E-state index >= 15 is 0 Å². The van der Waals surface area contributed by atoms with E-state index in [-0.39, 0.29) is 29.1 Å². The fourth-order valence-electron chi connectivity index (χ4n) is 3.11. The summed E-state index contributed by atoms with van der Waals surface area (Å²) >= 11 is 4.66. The molecule has 0 aliphatic carbocycles. The van der Waals surface area contributed by atoms with Crippen LogP contribution in [0.2, 0.25) is 0 Å². The van der Waals surface area contributed by atoms with Crippen molar-refractivity contribution >= 4 is 44.5 Å². The van der Waals surface area contributed by atoms with E-state index in [9.17, 15) is 14.0 Å². The number of carbonyl (C=O) groups is 1. The summed E-state index contributed by atoms with van der Waals surface area (Å²) in [5.74, 6) is -0.246. The Morgan fingerprint density at radius 1 is 1.27 bits per heavy atom. The quantitative estimate of drug-likeness (QED) is 0.344. The molecule has 30 heavy (non-hydrogen) atoms. The number of carbonyl (C=O) groups excluding carboxylic acids is 1. The van der Waals surface area contributed by atoms with Crippen molar-refractivity contribution in [1.29, 1.82) is 0 Å². The lowest BCUT2D eigenvalue weighted by Crippen LogP contribution is -2.31. The monoisotopic (exact) mass is 491 g/mol. The van der Waals surface area contributed by atoms with Crippen molar-refractivity contribution in [3.63, 3.8) is 0 Å². The second-order valence-electron chi connectivity index (χ2n) is 7.03. The normalized spacial score (nSPS) is 12.2. The summed E-state index contributed by atoms with van der Waals surface area (Å²) in [5.41, 5.74) is 1.36. The standard InChI is InChI=1S/C22H23BrFN3O2S/c1-4-11-27-21(29)18-12-16(23)7-10-19(18)25-22(27)30-13-20(28)26(3)14(2)15-5-8-17(24)9-6-15/h5-10,12,14H,4,11,13H2,1-3H3. The molecule has 158 valence electrons. The second kappa shape index (κ2) is 9.75. The zero-order valence-corrected chi connectivity index (χ0v) is 19.5. The highest BCUT2D eigenvalue weighted by atomic mass is 79.9. The maximum absolute atomic E-state index is 13.2. The largest absolute Gasteiger partial charge is 0.338 e. The van der Waals surface area contributed by atoms with Crippen molar-refractivity contribution in [2.45, 2.75) is 38.0 Å². The van der Waals surface area contributed by atoms with E-state index in [1.54, 1.807) is 40.8 Å². The van der Waals surface area contributed by atoms with Crippen molar-refractivity contribution in [3.8, 4) is 0 Å². The Kier molecular flexibility index (Phi) is 7.31. The van der Waals surface area contributed by atoms with Gasteiger partial charge in [0.25, 0.3) is 5.56 Å². The van der Waals surface area contributed by atoms with Gasteiger partial charge in [-0.15, -0.1) is 0 Å². The van der Waals surface area contributed by atoms with Crippen LogP contribution in [0, 0.1) is 5.82 Å². The molecule has 0 saturated heterocycles. The Labute approximate surface area is 187 Å². The van der Waals surface area contributed by atoms with Gasteiger partial charge in [0.15, 0.2) is 5.16 Å². The lowest BCUT2D eigenvalue weighted by molar-refractivity contribution is -0.128. The predicted octanol–water partition coefficient (Wildman–Crippen LogP) is 5.02. The highest BCUT2D eigenvalue weighted by Gasteiger charge is 2.19. The summed E-state index contributed by atoms with van der Waals surface area (Å²) in [6.45, 7) is 4.43. The average molecular weight is 492 g/mol. The predicted molar refractivity (Wildman–Crippen MR) is 122 cm³/mol. The molecule has 1 unspecified atom stereocenters. The van der Waals surface area contributed by atoms with Crippen LogP contribution in [0.5, 0.6) is 0 Å². The van der Waals surface area contributed by atoms with Crippen molar-refractivity contribution < 1.29 is 9.18 Å². The smallest absolute Gasteiger partial charge is 0.262 e. The van der Waals surface area contributed by atoms with E-state index < -0.39 is 0 Å². The highest BCUT2D eigenvalue weighted by molar-refractivity contribution is 9.10. The summed E-state index contributed by atoms with van der Waals surface area (Å²) < 4.78 is 15.6. The molecule has 1 amide bonds. The molecule has 0 spiro atoms. The molecule has 1 heterocycles. The Bertz CT molecular complexity index is 1120. The van der Waals surface area contributed by atoms with Gasteiger partial charge in [-0.05, 0) is 49.2 Å². The SMILES string of the molecule is CCCn1c(SCC(=O)N(C)C(C)c2ccc(F)cc2)nc2ccc(Br)cc2c1=O. The summed E-state index contributed by atoms with van der Waals surface area (Å²) in [6, 6.07) is 11.4. The fraction of sp³-hybridized carbons (Fsp3) is 0.318.